The molecule has 1 heterocycles. The van der Waals surface area contributed by atoms with Crippen LogP contribution < -0.4 is 16.8 Å². The lowest BCUT2D eigenvalue weighted by molar-refractivity contribution is 0.0752. The van der Waals surface area contributed by atoms with Crippen LogP contribution in [0.4, 0.5) is 0 Å². The van der Waals surface area contributed by atoms with E-state index in [1.165, 1.54) is 18.7 Å². The molecular weight excluding hydrogens is 304 g/mol. The first-order valence-corrected chi connectivity index (χ1v) is 7.59. The van der Waals surface area contributed by atoms with Crippen molar-refractivity contribution in [2.24, 2.45) is 23.3 Å². The van der Waals surface area contributed by atoms with Crippen molar-refractivity contribution in [2.75, 3.05) is 0 Å². The van der Waals surface area contributed by atoms with Gasteiger partial charge < -0.3 is 21.8 Å². The van der Waals surface area contributed by atoms with Crippen LogP contribution in [0.1, 0.15) is 53.0 Å². The summed E-state index contributed by atoms with van der Waals surface area (Å²) < 4.78 is 0. The van der Waals surface area contributed by atoms with E-state index in [2.05, 4.69) is 10.3 Å². The standard InChI is InChI=1S/C15H22N4O2.ClH/c16-11-4-8-2-1-3-9(5-11)13(8)19-15(21)12-6-10(7-18-12)14(17)20;/h6-9,11,13,18H,1-5,16H2,(H2,17,20)(H,19,21);1H. The smallest absolute Gasteiger partial charge is 0.267 e. The Balaban J connectivity index is 0.00000176. The number of aromatic nitrogens is 1. The number of carbonyl (C=O) groups excluding carboxylic acids is 2. The summed E-state index contributed by atoms with van der Waals surface area (Å²) in [6.45, 7) is 0. The first-order chi connectivity index (χ1) is 10.0. The van der Waals surface area contributed by atoms with E-state index in [1.54, 1.807) is 0 Å². The van der Waals surface area contributed by atoms with Crippen LogP contribution in [-0.4, -0.2) is 28.9 Å². The lowest BCUT2D eigenvalue weighted by Gasteiger charge is -2.45. The topological polar surface area (TPSA) is 114 Å². The minimum Gasteiger partial charge on any atom is -0.366 e. The molecule has 6 N–H and O–H groups in total. The van der Waals surface area contributed by atoms with E-state index in [9.17, 15) is 9.59 Å². The quantitative estimate of drug-likeness (QED) is 0.668. The van der Waals surface area contributed by atoms with Crippen molar-refractivity contribution in [1.29, 1.82) is 0 Å². The van der Waals surface area contributed by atoms with E-state index in [0.29, 0.717) is 23.1 Å². The zero-order valence-corrected chi connectivity index (χ0v) is 13.2. The van der Waals surface area contributed by atoms with Gasteiger partial charge in [0.05, 0.1) is 5.56 Å². The summed E-state index contributed by atoms with van der Waals surface area (Å²) in [4.78, 5) is 26.2. The third-order valence-corrected chi connectivity index (χ3v) is 4.89. The van der Waals surface area contributed by atoms with Crippen LogP contribution in [-0.2, 0) is 0 Å². The molecule has 2 aliphatic carbocycles. The Kier molecular flexibility index (Phi) is 5.13. The highest BCUT2D eigenvalue weighted by Crippen LogP contribution is 2.39. The molecule has 0 aliphatic heterocycles. The number of hydrogen-bond acceptors (Lipinski definition) is 3. The minimum absolute atomic E-state index is 0. The fraction of sp³-hybridized carbons (Fsp3) is 0.600. The van der Waals surface area contributed by atoms with Crippen LogP contribution in [0, 0.1) is 11.8 Å². The second kappa shape index (κ2) is 6.71. The number of aromatic amines is 1. The van der Waals surface area contributed by atoms with Crippen molar-refractivity contribution in [3.63, 3.8) is 0 Å². The molecule has 2 bridgehead atoms. The van der Waals surface area contributed by atoms with E-state index >= 15 is 0 Å². The van der Waals surface area contributed by atoms with Crippen LogP contribution >= 0.6 is 12.4 Å². The monoisotopic (exact) mass is 326 g/mol. The number of amides is 2. The highest BCUT2D eigenvalue weighted by Gasteiger charge is 2.40. The van der Waals surface area contributed by atoms with E-state index in [4.69, 9.17) is 11.5 Å². The van der Waals surface area contributed by atoms with Crippen molar-refractivity contribution < 1.29 is 9.59 Å². The highest BCUT2D eigenvalue weighted by molar-refractivity contribution is 5.98. The number of H-pyrrole nitrogens is 1. The number of nitrogens with two attached hydrogens (primary N) is 2. The number of hydrogen-bond donors (Lipinski definition) is 4. The number of fused-ring (bicyclic) bond motifs is 2. The molecule has 0 saturated heterocycles. The van der Waals surface area contributed by atoms with Gasteiger partial charge >= 0.3 is 0 Å². The fourth-order valence-corrected chi connectivity index (χ4v) is 3.92. The Morgan fingerprint density at radius 1 is 1.23 bits per heavy atom. The van der Waals surface area contributed by atoms with Gasteiger partial charge in [-0.25, -0.2) is 0 Å². The van der Waals surface area contributed by atoms with Crippen LogP contribution in [0.25, 0.3) is 0 Å². The molecule has 2 amide bonds. The van der Waals surface area contributed by atoms with Gasteiger partial charge in [-0.15, -0.1) is 12.4 Å². The molecule has 0 aromatic carbocycles. The molecule has 0 spiro atoms. The molecule has 7 heteroatoms. The molecule has 22 heavy (non-hydrogen) atoms. The number of primary amides is 1. The van der Waals surface area contributed by atoms with Gasteiger partial charge in [0, 0.05) is 18.3 Å². The van der Waals surface area contributed by atoms with Crippen LogP contribution in [0.15, 0.2) is 12.3 Å². The third-order valence-electron chi connectivity index (χ3n) is 4.89. The predicted molar refractivity (Wildman–Crippen MR) is 85.9 cm³/mol. The molecule has 2 atom stereocenters. The molecule has 1 aromatic rings. The van der Waals surface area contributed by atoms with Gasteiger partial charge in [-0.1, -0.05) is 6.42 Å². The summed E-state index contributed by atoms with van der Waals surface area (Å²) >= 11 is 0. The lowest BCUT2D eigenvalue weighted by Crippen LogP contribution is -2.53. The van der Waals surface area contributed by atoms with Crippen molar-refractivity contribution >= 4 is 24.2 Å². The third kappa shape index (κ3) is 3.28. The number of rotatable bonds is 3. The summed E-state index contributed by atoms with van der Waals surface area (Å²) in [5, 5.41) is 3.13. The Labute approximate surface area is 135 Å². The second-order valence-electron chi connectivity index (χ2n) is 6.35. The van der Waals surface area contributed by atoms with Gasteiger partial charge in [0.2, 0.25) is 5.91 Å². The number of nitrogens with one attached hydrogen (secondary N) is 2. The maximum absolute atomic E-state index is 12.3. The van der Waals surface area contributed by atoms with Gasteiger partial charge in [0.25, 0.3) is 5.91 Å². The summed E-state index contributed by atoms with van der Waals surface area (Å²) in [6, 6.07) is 1.97. The fourth-order valence-electron chi connectivity index (χ4n) is 3.92. The second-order valence-corrected chi connectivity index (χ2v) is 6.35. The molecular formula is C15H23ClN4O2. The van der Waals surface area contributed by atoms with Crippen LogP contribution in [0.5, 0.6) is 0 Å². The van der Waals surface area contributed by atoms with Crippen molar-refractivity contribution in [3.05, 3.63) is 23.5 Å². The lowest BCUT2D eigenvalue weighted by atomic mass is 9.67. The minimum atomic E-state index is -0.536. The summed E-state index contributed by atoms with van der Waals surface area (Å²) in [5.41, 5.74) is 12.0. The average Bonchev–Trinajstić information content (AvgIpc) is 2.89. The Morgan fingerprint density at radius 2 is 1.86 bits per heavy atom. The van der Waals surface area contributed by atoms with E-state index in [-0.39, 0.29) is 30.4 Å². The van der Waals surface area contributed by atoms with Crippen molar-refractivity contribution in [2.45, 2.75) is 44.2 Å². The highest BCUT2D eigenvalue weighted by atomic mass is 35.5. The molecule has 3 rings (SSSR count). The molecule has 2 fully saturated rings. The van der Waals surface area contributed by atoms with Gasteiger partial charge in [0.15, 0.2) is 0 Å². The predicted octanol–water partition coefficient (Wildman–Crippen LogP) is 1.17. The molecule has 1 aromatic heterocycles. The maximum atomic E-state index is 12.3. The Morgan fingerprint density at radius 3 is 2.41 bits per heavy atom. The van der Waals surface area contributed by atoms with Gasteiger partial charge in [-0.3, -0.25) is 9.59 Å². The van der Waals surface area contributed by atoms with Crippen molar-refractivity contribution in [1.82, 2.24) is 10.3 Å². The van der Waals surface area contributed by atoms with Crippen LogP contribution in [0.2, 0.25) is 0 Å². The van der Waals surface area contributed by atoms with Gasteiger partial charge in [0.1, 0.15) is 5.69 Å². The first kappa shape index (κ1) is 16.8. The SMILES string of the molecule is Cl.NC(=O)c1c[nH]c(C(=O)NC2C3CCCC2CC(N)C3)c1. The molecule has 2 saturated carbocycles. The molecule has 122 valence electrons. The molecule has 6 nitrogen and oxygen atoms in total. The zero-order chi connectivity index (χ0) is 15.0. The summed E-state index contributed by atoms with van der Waals surface area (Å²) in [7, 11) is 0. The summed E-state index contributed by atoms with van der Waals surface area (Å²) in [5.74, 6) is 0.245. The van der Waals surface area contributed by atoms with Crippen molar-refractivity contribution in [3.8, 4) is 0 Å². The van der Waals surface area contributed by atoms with E-state index in [0.717, 1.165) is 25.7 Å². The Hall–Kier alpha value is -1.53. The van der Waals surface area contributed by atoms with E-state index < -0.39 is 5.91 Å². The number of halogens is 1. The largest absolute Gasteiger partial charge is 0.366 e. The van der Waals surface area contributed by atoms with Gasteiger partial charge in [-0.2, -0.15) is 0 Å². The van der Waals surface area contributed by atoms with Crippen LogP contribution in [0.3, 0.4) is 0 Å². The molecule has 0 radical (unpaired) electrons. The Bertz CT molecular complexity index is 545. The maximum Gasteiger partial charge on any atom is 0.267 e. The molecule has 2 unspecified atom stereocenters. The van der Waals surface area contributed by atoms with E-state index in [1.807, 2.05) is 0 Å². The zero-order valence-electron chi connectivity index (χ0n) is 12.4. The average molecular weight is 327 g/mol. The van der Waals surface area contributed by atoms with Gasteiger partial charge in [-0.05, 0) is 43.6 Å². The molecule has 2 aliphatic rings. The summed E-state index contributed by atoms with van der Waals surface area (Å²) in [6.07, 6.45) is 6.92. The normalized spacial score (nSPS) is 30.2. The first-order valence-electron chi connectivity index (χ1n) is 7.59. The number of carbonyl (C=O) groups is 2.